The summed E-state index contributed by atoms with van der Waals surface area (Å²) in [6.07, 6.45) is 1.20. The highest BCUT2D eigenvalue weighted by Crippen LogP contribution is 2.10. The van der Waals surface area contributed by atoms with Gasteiger partial charge in [-0.2, -0.15) is 10.1 Å². The van der Waals surface area contributed by atoms with Crippen molar-refractivity contribution in [3.63, 3.8) is 0 Å². The van der Waals surface area contributed by atoms with E-state index in [2.05, 4.69) is 25.8 Å². The molecular formula is C12H11N5O3. The van der Waals surface area contributed by atoms with Crippen LogP contribution in [0.1, 0.15) is 17.3 Å². The first-order valence-corrected chi connectivity index (χ1v) is 5.65. The first-order chi connectivity index (χ1) is 9.56. The molecular weight excluding hydrogens is 262 g/mol. The van der Waals surface area contributed by atoms with Gasteiger partial charge in [-0.15, -0.1) is 0 Å². The fraction of sp³-hybridized carbons (Fsp3) is 0.0833. The lowest BCUT2D eigenvalue weighted by Crippen LogP contribution is -2.29. The van der Waals surface area contributed by atoms with E-state index in [0.717, 1.165) is 0 Å². The van der Waals surface area contributed by atoms with Crippen LogP contribution in [-0.4, -0.2) is 32.8 Å². The molecule has 1 heterocycles. The Balaban J connectivity index is 1.97. The number of carbonyl (C=O) groups is 3. The molecule has 1 aromatic carbocycles. The minimum atomic E-state index is -0.877. The van der Waals surface area contributed by atoms with Gasteiger partial charge in [0.05, 0.1) is 0 Å². The van der Waals surface area contributed by atoms with Crippen molar-refractivity contribution in [2.75, 3.05) is 10.6 Å². The number of nitrogens with one attached hydrogen (secondary N) is 3. The SMILES string of the molecule is CC(=O)c1ccc(NC(=O)C(=O)Nc2ncn[nH]2)cc1. The molecule has 3 N–H and O–H groups in total. The van der Waals surface area contributed by atoms with Crippen molar-refractivity contribution < 1.29 is 14.4 Å². The van der Waals surface area contributed by atoms with Crippen molar-refractivity contribution in [1.29, 1.82) is 0 Å². The number of anilines is 2. The van der Waals surface area contributed by atoms with Crippen LogP contribution in [0.15, 0.2) is 30.6 Å². The van der Waals surface area contributed by atoms with E-state index in [0.29, 0.717) is 11.3 Å². The van der Waals surface area contributed by atoms with Crippen LogP contribution in [0.4, 0.5) is 11.6 Å². The van der Waals surface area contributed by atoms with Gasteiger partial charge in [0.15, 0.2) is 5.78 Å². The molecule has 0 fully saturated rings. The molecule has 2 aromatic rings. The molecule has 0 saturated heterocycles. The molecule has 2 amide bonds. The molecule has 0 spiro atoms. The van der Waals surface area contributed by atoms with Crippen LogP contribution >= 0.6 is 0 Å². The second-order valence-electron chi connectivity index (χ2n) is 3.88. The zero-order valence-electron chi connectivity index (χ0n) is 10.5. The van der Waals surface area contributed by atoms with E-state index in [1.54, 1.807) is 12.1 Å². The fourth-order valence-corrected chi connectivity index (χ4v) is 1.41. The van der Waals surface area contributed by atoms with Crippen molar-refractivity contribution in [3.8, 4) is 0 Å². The Labute approximate surface area is 113 Å². The lowest BCUT2D eigenvalue weighted by Gasteiger charge is -2.05. The van der Waals surface area contributed by atoms with Crippen LogP contribution in [0.5, 0.6) is 0 Å². The third-order valence-corrected chi connectivity index (χ3v) is 2.40. The highest BCUT2D eigenvalue weighted by Gasteiger charge is 2.15. The Hall–Kier alpha value is -3.03. The van der Waals surface area contributed by atoms with Gasteiger partial charge in [-0.05, 0) is 31.2 Å². The van der Waals surface area contributed by atoms with E-state index in [9.17, 15) is 14.4 Å². The van der Waals surface area contributed by atoms with Crippen molar-refractivity contribution in [2.45, 2.75) is 6.92 Å². The Bertz CT molecular complexity index is 634. The van der Waals surface area contributed by atoms with E-state index in [1.807, 2.05) is 0 Å². The average molecular weight is 273 g/mol. The van der Waals surface area contributed by atoms with E-state index in [-0.39, 0.29) is 11.7 Å². The van der Waals surface area contributed by atoms with Crippen LogP contribution < -0.4 is 10.6 Å². The van der Waals surface area contributed by atoms with Crippen molar-refractivity contribution >= 4 is 29.2 Å². The maximum absolute atomic E-state index is 11.6. The monoisotopic (exact) mass is 273 g/mol. The Morgan fingerprint density at radius 2 is 1.70 bits per heavy atom. The Morgan fingerprint density at radius 1 is 1.05 bits per heavy atom. The van der Waals surface area contributed by atoms with Crippen molar-refractivity contribution in [3.05, 3.63) is 36.2 Å². The molecule has 0 saturated carbocycles. The predicted molar refractivity (Wildman–Crippen MR) is 70.1 cm³/mol. The number of benzene rings is 1. The average Bonchev–Trinajstić information content (AvgIpc) is 2.92. The smallest absolute Gasteiger partial charge is 0.316 e. The van der Waals surface area contributed by atoms with E-state index in [1.165, 1.54) is 25.4 Å². The first-order valence-electron chi connectivity index (χ1n) is 5.65. The lowest BCUT2D eigenvalue weighted by molar-refractivity contribution is -0.133. The molecule has 0 bridgehead atoms. The van der Waals surface area contributed by atoms with Gasteiger partial charge in [-0.25, -0.2) is 5.10 Å². The second-order valence-corrected chi connectivity index (χ2v) is 3.88. The number of aromatic amines is 1. The summed E-state index contributed by atoms with van der Waals surface area (Å²) < 4.78 is 0. The zero-order valence-corrected chi connectivity index (χ0v) is 10.5. The van der Waals surface area contributed by atoms with Gasteiger partial charge in [0.1, 0.15) is 6.33 Å². The normalized spacial score (nSPS) is 9.85. The van der Waals surface area contributed by atoms with Crippen molar-refractivity contribution in [2.24, 2.45) is 0 Å². The highest BCUT2D eigenvalue weighted by atomic mass is 16.2. The molecule has 102 valence electrons. The number of H-pyrrole nitrogens is 1. The maximum atomic E-state index is 11.6. The number of hydrogen-bond donors (Lipinski definition) is 3. The standard InChI is InChI=1S/C12H11N5O3/c1-7(18)8-2-4-9(5-3-8)15-10(19)11(20)16-12-13-6-14-17-12/h2-6H,1H3,(H,15,19)(H2,13,14,16,17,20). The van der Waals surface area contributed by atoms with Gasteiger partial charge in [0.2, 0.25) is 5.95 Å². The van der Waals surface area contributed by atoms with Gasteiger partial charge in [-0.3, -0.25) is 19.7 Å². The largest absolute Gasteiger partial charge is 0.318 e. The summed E-state index contributed by atoms with van der Waals surface area (Å²) in [7, 11) is 0. The van der Waals surface area contributed by atoms with Crippen molar-refractivity contribution in [1.82, 2.24) is 15.2 Å². The fourth-order valence-electron chi connectivity index (χ4n) is 1.41. The molecule has 0 unspecified atom stereocenters. The Morgan fingerprint density at radius 3 is 2.25 bits per heavy atom. The predicted octanol–water partition coefficient (Wildman–Crippen LogP) is 0.584. The first kappa shape index (κ1) is 13.4. The van der Waals surface area contributed by atoms with Crippen LogP contribution in [0.3, 0.4) is 0 Å². The molecule has 2 rings (SSSR count). The van der Waals surface area contributed by atoms with Gasteiger partial charge >= 0.3 is 11.8 Å². The van der Waals surface area contributed by atoms with Gasteiger partial charge in [0, 0.05) is 11.3 Å². The molecule has 0 aliphatic heterocycles. The summed E-state index contributed by atoms with van der Waals surface area (Å²) in [5, 5.41) is 10.6. The number of rotatable bonds is 3. The number of aromatic nitrogens is 3. The molecule has 1 aromatic heterocycles. The van der Waals surface area contributed by atoms with E-state index >= 15 is 0 Å². The quantitative estimate of drug-likeness (QED) is 0.558. The molecule has 8 nitrogen and oxygen atoms in total. The highest BCUT2D eigenvalue weighted by molar-refractivity contribution is 6.43. The molecule has 0 aliphatic rings. The van der Waals surface area contributed by atoms with Crippen LogP contribution in [0.25, 0.3) is 0 Å². The summed E-state index contributed by atoms with van der Waals surface area (Å²) >= 11 is 0. The molecule has 8 heteroatoms. The number of amides is 2. The molecule has 0 radical (unpaired) electrons. The topological polar surface area (TPSA) is 117 Å². The molecule has 0 aliphatic carbocycles. The van der Waals surface area contributed by atoms with Crippen LogP contribution in [-0.2, 0) is 9.59 Å². The number of Topliss-reactive ketones (excluding diaryl/α,β-unsaturated/α-hetero) is 1. The van der Waals surface area contributed by atoms with E-state index < -0.39 is 11.8 Å². The number of ketones is 1. The van der Waals surface area contributed by atoms with Crippen LogP contribution in [0, 0.1) is 0 Å². The summed E-state index contributed by atoms with van der Waals surface area (Å²) in [6.45, 7) is 1.44. The maximum Gasteiger partial charge on any atom is 0.316 e. The van der Waals surface area contributed by atoms with E-state index in [4.69, 9.17) is 0 Å². The van der Waals surface area contributed by atoms with Gasteiger partial charge < -0.3 is 5.32 Å². The zero-order chi connectivity index (χ0) is 14.5. The summed E-state index contributed by atoms with van der Waals surface area (Å²) in [6, 6.07) is 6.20. The third-order valence-electron chi connectivity index (χ3n) is 2.40. The van der Waals surface area contributed by atoms with Gasteiger partial charge in [0.25, 0.3) is 0 Å². The number of carbonyl (C=O) groups excluding carboxylic acids is 3. The number of hydrogen-bond acceptors (Lipinski definition) is 5. The second kappa shape index (κ2) is 5.74. The Kier molecular flexibility index (Phi) is 3.85. The minimum absolute atomic E-state index is 0.0778. The van der Waals surface area contributed by atoms with Crippen LogP contribution in [0.2, 0.25) is 0 Å². The molecule has 20 heavy (non-hydrogen) atoms. The third kappa shape index (κ3) is 3.25. The molecule has 0 atom stereocenters. The minimum Gasteiger partial charge on any atom is -0.318 e. The summed E-state index contributed by atoms with van der Waals surface area (Å²) in [4.78, 5) is 37.9. The number of nitrogens with zero attached hydrogens (tertiary/aromatic N) is 2. The lowest BCUT2D eigenvalue weighted by atomic mass is 10.1. The summed E-state index contributed by atoms with van der Waals surface area (Å²) in [5.74, 6) is -1.72. The van der Waals surface area contributed by atoms with Gasteiger partial charge in [-0.1, -0.05) is 0 Å². The summed E-state index contributed by atoms with van der Waals surface area (Å²) in [5.41, 5.74) is 0.932.